The van der Waals surface area contributed by atoms with Gasteiger partial charge in [0, 0.05) is 25.6 Å². The predicted molar refractivity (Wildman–Crippen MR) is 68.8 cm³/mol. The molecule has 3 rings (SSSR count). The summed E-state index contributed by atoms with van der Waals surface area (Å²) in [4.78, 5) is 22.3. The van der Waals surface area contributed by atoms with Crippen molar-refractivity contribution in [2.75, 3.05) is 18.5 Å². The fraction of sp³-hybridized carbons (Fsp3) is 0.385. The highest BCUT2D eigenvalue weighted by atomic mass is 16.5. The van der Waals surface area contributed by atoms with Crippen molar-refractivity contribution in [3.05, 3.63) is 23.8 Å². The van der Waals surface area contributed by atoms with Crippen molar-refractivity contribution in [2.45, 2.75) is 19.0 Å². The molecule has 0 spiro atoms. The lowest BCUT2D eigenvalue weighted by atomic mass is 10.1. The first kappa shape index (κ1) is 12.0. The van der Waals surface area contributed by atoms with E-state index in [-0.39, 0.29) is 24.5 Å². The maximum atomic E-state index is 11.2. The highest BCUT2D eigenvalue weighted by Crippen LogP contribution is 2.28. The molecule has 1 aromatic rings. The molecule has 2 heterocycles. The maximum Gasteiger partial charge on any atom is 0.262 e. The van der Waals surface area contributed by atoms with E-state index in [2.05, 4.69) is 16.0 Å². The van der Waals surface area contributed by atoms with Gasteiger partial charge in [-0.25, -0.2) is 0 Å². The van der Waals surface area contributed by atoms with E-state index in [1.807, 2.05) is 18.2 Å². The molecule has 1 atom stereocenters. The molecule has 1 unspecified atom stereocenters. The normalized spacial score (nSPS) is 21.4. The monoisotopic (exact) mass is 261 g/mol. The van der Waals surface area contributed by atoms with Gasteiger partial charge in [-0.3, -0.25) is 9.59 Å². The summed E-state index contributed by atoms with van der Waals surface area (Å²) in [5.41, 5.74) is 1.75. The number of amides is 2. The summed E-state index contributed by atoms with van der Waals surface area (Å²) >= 11 is 0. The topological polar surface area (TPSA) is 79.5 Å². The standard InChI is InChI=1S/C13H15N3O3/c17-12-4-9(6-15-12)14-5-8-1-2-11-10(3-8)16-13(18)7-19-11/h1-3,9,14H,4-7H2,(H,15,17)(H,16,18). The Morgan fingerprint density at radius 1 is 1.32 bits per heavy atom. The molecular weight excluding hydrogens is 246 g/mol. The summed E-state index contributed by atoms with van der Waals surface area (Å²) in [7, 11) is 0. The van der Waals surface area contributed by atoms with Crippen LogP contribution in [-0.2, 0) is 16.1 Å². The van der Waals surface area contributed by atoms with Crippen LogP contribution in [0.4, 0.5) is 5.69 Å². The predicted octanol–water partition coefficient (Wildman–Crippen LogP) is -0.00440. The van der Waals surface area contributed by atoms with Crippen molar-refractivity contribution in [2.24, 2.45) is 0 Å². The Morgan fingerprint density at radius 3 is 3.00 bits per heavy atom. The fourth-order valence-electron chi connectivity index (χ4n) is 2.25. The molecule has 6 heteroatoms. The van der Waals surface area contributed by atoms with Crippen molar-refractivity contribution in [3.8, 4) is 5.75 Å². The molecule has 0 saturated carbocycles. The Hall–Kier alpha value is -2.08. The van der Waals surface area contributed by atoms with Gasteiger partial charge in [-0.1, -0.05) is 6.07 Å². The Bertz CT molecular complexity index is 530. The average molecular weight is 261 g/mol. The van der Waals surface area contributed by atoms with Gasteiger partial charge in [0.1, 0.15) is 5.75 Å². The van der Waals surface area contributed by atoms with Gasteiger partial charge in [0.15, 0.2) is 6.61 Å². The summed E-state index contributed by atoms with van der Waals surface area (Å²) in [6, 6.07) is 5.87. The number of fused-ring (bicyclic) bond motifs is 1. The van der Waals surface area contributed by atoms with Crippen molar-refractivity contribution in [3.63, 3.8) is 0 Å². The van der Waals surface area contributed by atoms with Crippen molar-refractivity contribution in [1.29, 1.82) is 0 Å². The lowest BCUT2D eigenvalue weighted by Gasteiger charge is -2.19. The van der Waals surface area contributed by atoms with Crippen molar-refractivity contribution >= 4 is 17.5 Å². The third-order valence-corrected chi connectivity index (χ3v) is 3.25. The van der Waals surface area contributed by atoms with E-state index in [9.17, 15) is 9.59 Å². The summed E-state index contributed by atoms with van der Waals surface area (Å²) in [5, 5.41) is 8.87. The van der Waals surface area contributed by atoms with Crippen LogP contribution in [0.15, 0.2) is 18.2 Å². The fourth-order valence-corrected chi connectivity index (χ4v) is 2.25. The van der Waals surface area contributed by atoms with Gasteiger partial charge >= 0.3 is 0 Å². The molecule has 0 bridgehead atoms. The third kappa shape index (κ3) is 2.68. The molecule has 19 heavy (non-hydrogen) atoms. The number of anilines is 1. The lowest BCUT2D eigenvalue weighted by Crippen LogP contribution is -2.30. The molecule has 0 aromatic heterocycles. The van der Waals surface area contributed by atoms with Crippen LogP contribution in [0.3, 0.4) is 0 Å². The van der Waals surface area contributed by atoms with E-state index < -0.39 is 0 Å². The lowest BCUT2D eigenvalue weighted by molar-refractivity contribution is -0.119. The number of ether oxygens (including phenoxy) is 1. The SMILES string of the molecule is O=C1CC(NCc2ccc3c(c2)NC(=O)CO3)CN1. The Balaban J connectivity index is 1.64. The minimum Gasteiger partial charge on any atom is -0.482 e. The average Bonchev–Trinajstić information content (AvgIpc) is 2.81. The first-order chi connectivity index (χ1) is 9.20. The zero-order valence-corrected chi connectivity index (χ0v) is 10.4. The zero-order chi connectivity index (χ0) is 13.2. The van der Waals surface area contributed by atoms with Gasteiger partial charge in [0.2, 0.25) is 5.91 Å². The third-order valence-electron chi connectivity index (χ3n) is 3.25. The number of hydrogen-bond donors (Lipinski definition) is 3. The summed E-state index contributed by atoms with van der Waals surface area (Å²) in [6.45, 7) is 1.40. The molecule has 2 amide bonds. The van der Waals surface area contributed by atoms with Crippen LogP contribution in [0.5, 0.6) is 5.75 Å². The molecule has 2 aliphatic rings. The van der Waals surface area contributed by atoms with Crippen LogP contribution < -0.4 is 20.7 Å². The highest BCUT2D eigenvalue weighted by Gasteiger charge is 2.21. The largest absolute Gasteiger partial charge is 0.482 e. The highest BCUT2D eigenvalue weighted by molar-refractivity contribution is 5.95. The van der Waals surface area contributed by atoms with Gasteiger partial charge < -0.3 is 20.7 Å². The second-order valence-electron chi connectivity index (χ2n) is 4.75. The number of nitrogens with one attached hydrogen (secondary N) is 3. The maximum absolute atomic E-state index is 11.2. The molecule has 2 aliphatic heterocycles. The summed E-state index contributed by atoms with van der Waals surface area (Å²) in [6.07, 6.45) is 0.519. The van der Waals surface area contributed by atoms with Crippen LogP contribution in [-0.4, -0.2) is 31.0 Å². The second kappa shape index (κ2) is 4.89. The Labute approximate surface area is 110 Å². The van der Waals surface area contributed by atoms with E-state index >= 15 is 0 Å². The van der Waals surface area contributed by atoms with Gasteiger partial charge in [-0.2, -0.15) is 0 Å². The molecule has 100 valence electrons. The summed E-state index contributed by atoms with van der Waals surface area (Å²) in [5.74, 6) is 0.646. The van der Waals surface area contributed by atoms with Gasteiger partial charge in [-0.15, -0.1) is 0 Å². The molecule has 1 aromatic carbocycles. The molecule has 1 fully saturated rings. The van der Waals surface area contributed by atoms with E-state index in [4.69, 9.17) is 4.74 Å². The van der Waals surface area contributed by atoms with Gasteiger partial charge in [-0.05, 0) is 17.7 Å². The summed E-state index contributed by atoms with van der Waals surface area (Å²) < 4.78 is 5.30. The van der Waals surface area contributed by atoms with Crippen molar-refractivity contribution < 1.29 is 14.3 Å². The van der Waals surface area contributed by atoms with E-state index in [1.54, 1.807) is 0 Å². The van der Waals surface area contributed by atoms with Crippen LogP contribution in [0.1, 0.15) is 12.0 Å². The minimum atomic E-state index is -0.136. The quantitative estimate of drug-likeness (QED) is 0.715. The van der Waals surface area contributed by atoms with Crippen molar-refractivity contribution in [1.82, 2.24) is 10.6 Å². The number of carbonyl (C=O) groups is 2. The molecular formula is C13H15N3O3. The molecule has 1 saturated heterocycles. The molecule has 6 nitrogen and oxygen atoms in total. The number of benzene rings is 1. The van der Waals surface area contributed by atoms with E-state index in [1.165, 1.54) is 0 Å². The Kier molecular flexibility index (Phi) is 3.08. The molecule has 3 N–H and O–H groups in total. The smallest absolute Gasteiger partial charge is 0.262 e. The molecule has 0 radical (unpaired) electrons. The first-order valence-corrected chi connectivity index (χ1v) is 6.26. The number of hydrogen-bond acceptors (Lipinski definition) is 4. The van der Waals surface area contributed by atoms with Crippen LogP contribution in [0.25, 0.3) is 0 Å². The van der Waals surface area contributed by atoms with Crippen LogP contribution >= 0.6 is 0 Å². The van der Waals surface area contributed by atoms with Crippen LogP contribution in [0.2, 0.25) is 0 Å². The Morgan fingerprint density at radius 2 is 2.21 bits per heavy atom. The number of rotatable bonds is 3. The second-order valence-corrected chi connectivity index (χ2v) is 4.75. The van der Waals surface area contributed by atoms with Gasteiger partial charge in [0.25, 0.3) is 5.91 Å². The minimum absolute atomic E-state index is 0.0699. The zero-order valence-electron chi connectivity index (χ0n) is 10.4. The van der Waals surface area contributed by atoms with E-state index in [0.717, 1.165) is 5.56 Å². The molecule has 0 aliphatic carbocycles. The van der Waals surface area contributed by atoms with Gasteiger partial charge in [0.05, 0.1) is 5.69 Å². The van der Waals surface area contributed by atoms with Crippen LogP contribution in [0, 0.1) is 0 Å². The number of carbonyl (C=O) groups excluding carboxylic acids is 2. The van der Waals surface area contributed by atoms with E-state index in [0.29, 0.717) is 30.9 Å². The first-order valence-electron chi connectivity index (χ1n) is 6.26.